The van der Waals surface area contributed by atoms with Gasteiger partial charge in [0.2, 0.25) is 15.6 Å². The Labute approximate surface area is 171 Å². The summed E-state index contributed by atoms with van der Waals surface area (Å²) in [6.07, 6.45) is 1.41. The van der Waals surface area contributed by atoms with Crippen molar-refractivity contribution in [3.63, 3.8) is 0 Å². The quantitative estimate of drug-likeness (QED) is 0.426. The van der Waals surface area contributed by atoms with Gasteiger partial charge in [0.1, 0.15) is 10.7 Å². The first kappa shape index (κ1) is 20.6. The van der Waals surface area contributed by atoms with Crippen LogP contribution >= 0.6 is 0 Å². The van der Waals surface area contributed by atoms with Gasteiger partial charge in [0.05, 0.1) is 12.0 Å². The van der Waals surface area contributed by atoms with Crippen LogP contribution in [0.25, 0.3) is 6.08 Å². The maximum Gasteiger partial charge on any atom is 0.210 e. The average molecular weight is 407 g/mol. The van der Waals surface area contributed by atoms with Crippen LogP contribution in [0.4, 0.5) is 0 Å². The Bertz CT molecular complexity index is 1140. The van der Waals surface area contributed by atoms with Crippen LogP contribution in [0.2, 0.25) is 0 Å². The molecule has 3 aromatic rings. The number of allylic oxidation sites excluding steroid dienone is 1. The van der Waals surface area contributed by atoms with E-state index in [1.807, 2.05) is 13.8 Å². The zero-order valence-corrected chi connectivity index (χ0v) is 17.4. The lowest BCUT2D eigenvalue weighted by molar-refractivity contribution is 0.104. The van der Waals surface area contributed by atoms with Crippen molar-refractivity contribution in [3.05, 3.63) is 100.0 Å². The van der Waals surface area contributed by atoms with E-state index in [1.54, 1.807) is 67.8 Å². The van der Waals surface area contributed by atoms with Crippen molar-refractivity contribution >= 4 is 21.7 Å². The molecule has 0 aliphatic heterocycles. The maximum absolute atomic E-state index is 13.3. The van der Waals surface area contributed by atoms with E-state index in [1.165, 1.54) is 18.2 Å². The lowest BCUT2D eigenvalue weighted by Gasteiger charge is -2.10. The number of Topliss-reactive ketones (excluding diaryl/α,β-unsaturated/α-hetero) is 1. The van der Waals surface area contributed by atoms with Crippen molar-refractivity contribution in [2.24, 2.45) is 0 Å². The summed E-state index contributed by atoms with van der Waals surface area (Å²) in [6.45, 7) is 3.79. The highest BCUT2D eigenvalue weighted by atomic mass is 32.2. The number of aryl methyl sites for hydroxylation is 2. The van der Waals surface area contributed by atoms with Crippen molar-refractivity contribution < 1.29 is 17.9 Å². The number of rotatable bonds is 6. The van der Waals surface area contributed by atoms with Crippen LogP contribution in [0.3, 0.4) is 0 Å². The molecular formula is C24H22O4S. The van der Waals surface area contributed by atoms with E-state index in [4.69, 9.17) is 4.74 Å². The summed E-state index contributed by atoms with van der Waals surface area (Å²) in [5.74, 6) is 0.108. The molecule has 0 aliphatic carbocycles. The number of sulfone groups is 1. The molecule has 29 heavy (non-hydrogen) atoms. The summed E-state index contributed by atoms with van der Waals surface area (Å²) in [6, 6.07) is 20.2. The third-order valence-corrected chi connectivity index (χ3v) is 6.35. The Morgan fingerprint density at radius 1 is 0.793 bits per heavy atom. The van der Waals surface area contributed by atoms with Gasteiger partial charge in [0, 0.05) is 5.56 Å². The predicted molar refractivity (Wildman–Crippen MR) is 115 cm³/mol. The lowest BCUT2D eigenvalue weighted by Crippen LogP contribution is -2.14. The van der Waals surface area contributed by atoms with Crippen molar-refractivity contribution in [1.82, 2.24) is 0 Å². The maximum atomic E-state index is 13.3. The molecule has 0 spiro atoms. The van der Waals surface area contributed by atoms with Crippen LogP contribution in [-0.2, 0) is 9.84 Å². The Morgan fingerprint density at radius 3 is 1.83 bits per heavy atom. The van der Waals surface area contributed by atoms with Gasteiger partial charge in [-0.1, -0.05) is 59.7 Å². The van der Waals surface area contributed by atoms with Gasteiger partial charge < -0.3 is 4.74 Å². The highest BCUT2D eigenvalue weighted by Gasteiger charge is 2.28. The summed E-state index contributed by atoms with van der Waals surface area (Å²) < 4.78 is 31.8. The number of benzene rings is 3. The Morgan fingerprint density at radius 2 is 1.31 bits per heavy atom. The smallest absolute Gasteiger partial charge is 0.210 e. The second-order valence-corrected chi connectivity index (χ2v) is 8.71. The predicted octanol–water partition coefficient (Wildman–Crippen LogP) is 5.01. The van der Waals surface area contributed by atoms with Crippen LogP contribution in [0.5, 0.6) is 5.75 Å². The molecule has 0 heterocycles. The fourth-order valence-corrected chi connectivity index (χ4v) is 4.21. The molecule has 148 valence electrons. The van der Waals surface area contributed by atoms with E-state index in [9.17, 15) is 13.2 Å². The molecule has 0 saturated heterocycles. The molecule has 0 N–H and O–H groups in total. The van der Waals surface area contributed by atoms with E-state index in [2.05, 4.69) is 0 Å². The fraction of sp³-hybridized carbons (Fsp3) is 0.125. The van der Waals surface area contributed by atoms with Gasteiger partial charge in [0.15, 0.2) is 0 Å². The van der Waals surface area contributed by atoms with Gasteiger partial charge in [-0.3, -0.25) is 4.79 Å². The van der Waals surface area contributed by atoms with Crippen LogP contribution in [0, 0.1) is 13.8 Å². The highest BCUT2D eigenvalue weighted by Crippen LogP contribution is 2.26. The number of hydrogen-bond acceptors (Lipinski definition) is 4. The van der Waals surface area contributed by atoms with Gasteiger partial charge in [-0.05, 0) is 49.8 Å². The van der Waals surface area contributed by atoms with E-state index in [-0.39, 0.29) is 9.80 Å². The first-order valence-corrected chi connectivity index (χ1v) is 10.6. The van der Waals surface area contributed by atoms with Crippen LogP contribution < -0.4 is 4.74 Å². The largest absolute Gasteiger partial charge is 0.497 e. The van der Waals surface area contributed by atoms with Crippen LogP contribution in [-0.4, -0.2) is 21.3 Å². The molecule has 3 rings (SSSR count). The molecule has 0 saturated carbocycles. The summed E-state index contributed by atoms with van der Waals surface area (Å²) in [5, 5.41) is 0. The van der Waals surface area contributed by atoms with Gasteiger partial charge >= 0.3 is 0 Å². The standard InChI is InChI=1S/C24H22O4S/c1-17-4-10-20(11-5-17)24(25)23(16-19-8-12-21(28-3)13-9-19)29(26,27)22-14-6-18(2)7-15-22/h4-16H,1-3H3/b23-16+. The Balaban J connectivity index is 2.14. The minimum absolute atomic E-state index is 0.0864. The van der Waals surface area contributed by atoms with Crippen molar-refractivity contribution in [2.45, 2.75) is 18.7 Å². The highest BCUT2D eigenvalue weighted by molar-refractivity contribution is 7.96. The number of methoxy groups -OCH3 is 1. The SMILES string of the molecule is COc1ccc(/C=C(\C(=O)c2ccc(C)cc2)S(=O)(=O)c2ccc(C)cc2)cc1. The zero-order chi connectivity index (χ0) is 21.0. The van der Waals surface area contributed by atoms with Gasteiger partial charge in [-0.15, -0.1) is 0 Å². The number of carbonyl (C=O) groups excluding carboxylic acids is 1. The average Bonchev–Trinajstić information content (AvgIpc) is 2.72. The third-order valence-electron chi connectivity index (χ3n) is 4.57. The molecular weight excluding hydrogens is 384 g/mol. The molecule has 3 aromatic carbocycles. The molecule has 0 aromatic heterocycles. The number of carbonyl (C=O) groups is 1. The molecule has 0 amide bonds. The van der Waals surface area contributed by atoms with E-state index >= 15 is 0 Å². The van der Waals surface area contributed by atoms with Crippen LogP contribution in [0.1, 0.15) is 27.0 Å². The number of hydrogen-bond donors (Lipinski definition) is 0. The molecule has 5 heteroatoms. The first-order valence-electron chi connectivity index (χ1n) is 9.10. The molecule has 0 atom stereocenters. The molecule has 0 fully saturated rings. The van der Waals surface area contributed by atoms with E-state index in [0.717, 1.165) is 11.1 Å². The van der Waals surface area contributed by atoms with E-state index < -0.39 is 15.6 Å². The van der Waals surface area contributed by atoms with Gasteiger partial charge in [0.25, 0.3) is 0 Å². The molecule has 0 bridgehead atoms. The monoisotopic (exact) mass is 406 g/mol. The number of ether oxygens (including phenoxy) is 1. The lowest BCUT2D eigenvalue weighted by atomic mass is 10.1. The third kappa shape index (κ3) is 4.63. The zero-order valence-electron chi connectivity index (χ0n) is 16.5. The topological polar surface area (TPSA) is 60.4 Å². The fourth-order valence-electron chi connectivity index (χ4n) is 2.81. The molecule has 0 aliphatic rings. The summed E-state index contributed by atoms with van der Waals surface area (Å²) in [4.78, 5) is 13.0. The molecule has 0 unspecified atom stereocenters. The molecule has 4 nitrogen and oxygen atoms in total. The minimum Gasteiger partial charge on any atom is -0.497 e. The summed E-state index contributed by atoms with van der Waals surface area (Å²) >= 11 is 0. The summed E-state index contributed by atoms with van der Waals surface area (Å²) in [7, 11) is -2.45. The van der Waals surface area contributed by atoms with Crippen molar-refractivity contribution in [2.75, 3.05) is 7.11 Å². The van der Waals surface area contributed by atoms with Crippen molar-refractivity contribution in [1.29, 1.82) is 0 Å². The second kappa shape index (κ2) is 8.45. The Hall–Kier alpha value is -3.18. The summed E-state index contributed by atoms with van der Waals surface area (Å²) in [5.41, 5.74) is 2.85. The second-order valence-electron chi connectivity index (χ2n) is 6.79. The van der Waals surface area contributed by atoms with Gasteiger partial charge in [-0.25, -0.2) is 8.42 Å². The first-order chi connectivity index (χ1) is 13.8. The van der Waals surface area contributed by atoms with Crippen molar-refractivity contribution in [3.8, 4) is 5.75 Å². The Kier molecular flexibility index (Phi) is 5.99. The van der Waals surface area contributed by atoms with Crippen LogP contribution in [0.15, 0.2) is 82.6 Å². The minimum atomic E-state index is -4.01. The van der Waals surface area contributed by atoms with E-state index in [0.29, 0.717) is 16.9 Å². The van der Waals surface area contributed by atoms with Gasteiger partial charge in [-0.2, -0.15) is 0 Å². The molecule has 0 radical (unpaired) electrons. The number of ketones is 1. The normalized spacial score (nSPS) is 11.9.